The predicted molar refractivity (Wildman–Crippen MR) is 130 cm³/mol. The molecule has 5 aliphatic rings. The first-order valence-corrected chi connectivity index (χ1v) is 16.4. The molecule has 4 nitrogen and oxygen atoms in total. The lowest BCUT2D eigenvalue weighted by atomic mass is 9.44. The molecule has 5 fully saturated rings. The Balaban J connectivity index is 1.35. The molecule has 1 spiro atoms. The monoisotopic (exact) mass is 464 g/mol. The third kappa shape index (κ3) is 3.27. The standard InChI is InChI=1S/C27H48O4Si/c1-24(2,3)32(6,7)31-18-8-11-25(4)20-9-12-26(5)21(10-13-27(26)29-14-15-30-27)19(20)17-23(28)22(25)16-18/h18-23,28H,8-17H2,1-7H3/t18?,19-,20+,21+,22-,23?,25-,26+/m1/s1. The van der Waals surface area contributed by atoms with Crippen LogP contribution in [0.15, 0.2) is 0 Å². The van der Waals surface area contributed by atoms with Gasteiger partial charge in [-0.25, -0.2) is 0 Å². The molecule has 0 radical (unpaired) electrons. The van der Waals surface area contributed by atoms with Gasteiger partial charge in [0.25, 0.3) is 0 Å². The van der Waals surface area contributed by atoms with Crippen LogP contribution < -0.4 is 0 Å². The smallest absolute Gasteiger partial charge is 0.192 e. The van der Waals surface area contributed by atoms with Gasteiger partial charge in [0.05, 0.1) is 19.3 Å². The molecule has 1 N–H and O–H groups in total. The second-order valence-electron chi connectivity index (χ2n) is 14.0. The van der Waals surface area contributed by atoms with E-state index in [4.69, 9.17) is 13.9 Å². The van der Waals surface area contributed by atoms with Gasteiger partial charge in [0.15, 0.2) is 14.1 Å². The van der Waals surface area contributed by atoms with Gasteiger partial charge < -0.3 is 19.0 Å². The predicted octanol–water partition coefficient (Wildman–Crippen LogP) is 6.13. The number of hydrogen-bond donors (Lipinski definition) is 1. The molecule has 1 saturated heterocycles. The molecule has 5 rings (SSSR count). The molecular weight excluding hydrogens is 416 g/mol. The van der Waals surface area contributed by atoms with E-state index in [9.17, 15) is 5.11 Å². The van der Waals surface area contributed by atoms with E-state index in [2.05, 4.69) is 47.7 Å². The van der Waals surface area contributed by atoms with Crippen molar-refractivity contribution >= 4 is 8.32 Å². The number of rotatable bonds is 2. The zero-order valence-corrected chi connectivity index (χ0v) is 22.7. The quantitative estimate of drug-likeness (QED) is 0.499. The highest BCUT2D eigenvalue weighted by Crippen LogP contribution is 2.69. The summed E-state index contributed by atoms with van der Waals surface area (Å²) >= 11 is 0. The zero-order valence-electron chi connectivity index (χ0n) is 21.7. The number of fused-ring (bicyclic) bond motifs is 6. The molecule has 0 aromatic rings. The Hall–Kier alpha value is 0.0569. The Labute approximate surface area is 197 Å². The molecule has 2 unspecified atom stereocenters. The van der Waals surface area contributed by atoms with E-state index in [1.165, 1.54) is 25.7 Å². The molecular formula is C27H48O4Si. The van der Waals surface area contributed by atoms with Crippen LogP contribution in [0.25, 0.3) is 0 Å². The maximum absolute atomic E-state index is 11.5. The van der Waals surface area contributed by atoms with E-state index < -0.39 is 8.32 Å². The molecule has 4 aliphatic carbocycles. The van der Waals surface area contributed by atoms with Gasteiger partial charge in [-0.2, -0.15) is 0 Å². The highest BCUT2D eigenvalue weighted by molar-refractivity contribution is 6.74. The fourth-order valence-electron chi connectivity index (χ4n) is 8.85. The topological polar surface area (TPSA) is 47.9 Å². The summed E-state index contributed by atoms with van der Waals surface area (Å²) in [5, 5.41) is 11.8. The molecule has 4 saturated carbocycles. The third-order valence-corrected chi connectivity index (χ3v) is 16.2. The van der Waals surface area contributed by atoms with Crippen LogP contribution in [0.5, 0.6) is 0 Å². The van der Waals surface area contributed by atoms with Crippen LogP contribution in [0.2, 0.25) is 18.1 Å². The number of hydrogen-bond acceptors (Lipinski definition) is 4. The second-order valence-corrected chi connectivity index (χ2v) is 18.8. The molecule has 8 atom stereocenters. The number of aliphatic hydroxyl groups excluding tert-OH is 1. The lowest BCUT2D eigenvalue weighted by molar-refractivity contribution is -0.253. The van der Waals surface area contributed by atoms with Crippen LogP contribution in [0, 0.1) is 34.5 Å². The largest absolute Gasteiger partial charge is 0.414 e. The molecule has 1 aliphatic heterocycles. The summed E-state index contributed by atoms with van der Waals surface area (Å²) in [5.41, 5.74) is 0.348. The van der Waals surface area contributed by atoms with Crippen molar-refractivity contribution in [1.29, 1.82) is 0 Å². The normalized spacial score (nSPS) is 48.4. The minimum atomic E-state index is -1.79. The summed E-state index contributed by atoms with van der Waals surface area (Å²) in [4.78, 5) is 0. The molecule has 32 heavy (non-hydrogen) atoms. The van der Waals surface area contributed by atoms with Gasteiger partial charge in [-0.3, -0.25) is 0 Å². The van der Waals surface area contributed by atoms with E-state index in [-0.39, 0.29) is 27.8 Å². The van der Waals surface area contributed by atoms with Crippen LogP contribution in [0.3, 0.4) is 0 Å². The molecule has 0 amide bonds. The average Bonchev–Trinajstić information content (AvgIpc) is 3.28. The summed E-state index contributed by atoms with van der Waals surface area (Å²) in [7, 11) is -1.79. The maximum Gasteiger partial charge on any atom is 0.192 e. The van der Waals surface area contributed by atoms with Gasteiger partial charge in [0, 0.05) is 17.9 Å². The SMILES string of the molecule is CC(C)(C)[Si](C)(C)OC1CC[C@@]2(C)[C@H](C1)C(O)C[C@@H]1[C@@H]2CC[C@@]2(C)[C@H]1CCC21OCCO1. The van der Waals surface area contributed by atoms with E-state index in [1.807, 2.05) is 0 Å². The van der Waals surface area contributed by atoms with E-state index in [1.54, 1.807) is 0 Å². The van der Waals surface area contributed by atoms with Crippen molar-refractivity contribution < 1.29 is 19.0 Å². The minimum absolute atomic E-state index is 0.107. The minimum Gasteiger partial charge on any atom is -0.414 e. The lowest BCUT2D eigenvalue weighted by Crippen LogP contribution is -2.60. The van der Waals surface area contributed by atoms with Gasteiger partial charge in [-0.1, -0.05) is 34.6 Å². The van der Waals surface area contributed by atoms with Crippen LogP contribution in [0.4, 0.5) is 0 Å². The van der Waals surface area contributed by atoms with Crippen molar-refractivity contribution in [2.45, 2.75) is 122 Å². The fraction of sp³-hybridized carbons (Fsp3) is 1.00. The Kier molecular flexibility index (Phi) is 5.59. The summed E-state index contributed by atoms with van der Waals surface area (Å²) in [6.45, 7) is 18.2. The summed E-state index contributed by atoms with van der Waals surface area (Å²) < 4.78 is 19.5. The zero-order chi connectivity index (χ0) is 23.2. The van der Waals surface area contributed by atoms with Gasteiger partial charge in [0.1, 0.15) is 0 Å². The van der Waals surface area contributed by atoms with Crippen molar-refractivity contribution in [3.63, 3.8) is 0 Å². The fourth-order valence-corrected chi connectivity index (χ4v) is 10.2. The molecule has 1 heterocycles. The van der Waals surface area contributed by atoms with Gasteiger partial charge in [-0.05, 0) is 92.2 Å². The Bertz CT molecular complexity index is 726. The molecule has 0 aromatic carbocycles. The first-order valence-electron chi connectivity index (χ1n) is 13.5. The number of aliphatic hydroxyl groups is 1. The van der Waals surface area contributed by atoms with Crippen molar-refractivity contribution in [3.8, 4) is 0 Å². The van der Waals surface area contributed by atoms with Crippen molar-refractivity contribution in [1.82, 2.24) is 0 Å². The summed E-state index contributed by atoms with van der Waals surface area (Å²) in [6.07, 6.45) is 9.21. The van der Waals surface area contributed by atoms with Crippen molar-refractivity contribution in [2.75, 3.05) is 13.2 Å². The van der Waals surface area contributed by atoms with Crippen LogP contribution in [-0.4, -0.2) is 44.6 Å². The second kappa shape index (κ2) is 7.53. The van der Waals surface area contributed by atoms with Gasteiger partial charge in [-0.15, -0.1) is 0 Å². The van der Waals surface area contributed by atoms with Crippen molar-refractivity contribution in [2.24, 2.45) is 34.5 Å². The lowest BCUT2D eigenvalue weighted by Gasteiger charge is -2.63. The van der Waals surface area contributed by atoms with E-state index >= 15 is 0 Å². The first-order chi connectivity index (χ1) is 14.8. The highest BCUT2D eigenvalue weighted by Gasteiger charge is 2.68. The molecule has 0 bridgehead atoms. The van der Waals surface area contributed by atoms with Crippen LogP contribution >= 0.6 is 0 Å². The van der Waals surface area contributed by atoms with Crippen LogP contribution in [0.1, 0.15) is 86.0 Å². The van der Waals surface area contributed by atoms with Gasteiger partial charge in [0.2, 0.25) is 0 Å². The third-order valence-electron chi connectivity index (χ3n) is 11.7. The van der Waals surface area contributed by atoms with Crippen LogP contribution in [-0.2, 0) is 13.9 Å². The van der Waals surface area contributed by atoms with Gasteiger partial charge >= 0.3 is 0 Å². The molecule has 5 heteroatoms. The molecule has 184 valence electrons. The van der Waals surface area contributed by atoms with Crippen molar-refractivity contribution in [3.05, 3.63) is 0 Å². The van der Waals surface area contributed by atoms with E-state index in [0.717, 1.165) is 44.8 Å². The molecule has 0 aromatic heterocycles. The number of ether oxygens (including phenoxy) is 2. The Morgan fingerprint density at radius 3 is 2.19 bits per heavy atom. The average molecular weight is 465 g/mol. The van der Waals surface area contributed by atoms with E-state index in [0.29, 0.717) is 23.9 Å². The Morgan fingerprint density at radius 1 is 0.875 bits per heavy atom. The highest BCUT2D eigenvalue weighted by atomic mass is 28.4. The summed E-state index contributed by atoms with van der Waals surface area (Å²) in [5.74, 6) is 1.98. The Morgan fingerprint density at radius 2 is 1.53 bits per heavy atom. The maximum atomic E-state index is 11.5. The first kappa shape index (κ1) is 23.8. The summed E-state index contributed by atoms with van der Waals surface area (Å²) in [6, 6.07) is 0.